The average molecular weight is 519 g/mol. The van der Waals surface area contributed by atoms with Gasteiger partial charge in [0.2, 0.25) is 10.0 Å². The molecule has 0 radical (unpaired) electrons. The van der Waals surface area contributed by atoms with Gasteiger partial charge in [-0.3, -0.25) is 18.6 Å². The van der Waals surface area contributed by atoms with Crippen molar-refractivity contribution in [2.45, 2.75) is 43.3 Å². The van der Waals surface area contributed by atoms with Crippen molar-refractivity contribution in [1.29, 1.82) is 0 Å². The highest BCUT2D eigenvalue weighted by Crippen LogP contribution is 2.37. The van der Waals surface area contributed by atoms with Gasteiger partial charge in [0.25, 0.3) is 5.56 Å². The number of fused-ring (bicyclic) bond motifs is 1. The lowest BCUT2D eigenvalue weighted by Gasteiger charge is -2.16. The highest BCUT2D eigenvalue weighted by Gasteiger charge is 2.46. The molecule has 5 rings (SSSR count). The number of hydrogen-bond acceptors (Lipinski definition) is 7. The summed E-state index contributed by atoms with van der Waals surface area (Å²) in [6.07, 6.45) is 4.10. The summed E-state index contributed by atoms with van der Waals surface area (Å²) in [5.74, 6) is 0. The number of aryl methyl sites for hydroxylation is 2. The fourth-order valence-corrected chi connectivity index (χ4v) is 6.21. The van der Waals surface area contributed by atoms with Gasteiger partial charge in [-0.05, 0) is 38.0 Å². The van der Waals surface area contributed by atoms with E-state index in [-0.39, 0.29) is 23.4 Å². The van der Waals surface area contributed by atoms with Crippen molar-refractivity contribution in [1.82, 2.24) is 28.6 Å². The van der Waals surface area contributed by atoms with E-state index in [0.29, 0.717) is 23.9 Å². The Labute approximate surface area is 203 Å². The normalized spacial score (nSPS) is 15.1. The average Bonchev–Trinajstić information content (AvgIpc) is 3.27. The monoisotopic (exact) mass is 518 g/mol. The van der Waals surface area contributed by atoms with E-state index in [9.17, 15) is 22.4 Å². The van der Waals surface area contributed by atoms with Gasteiger partial charge < -0.3 is 0 Å². The topological polar surface area (TPSA) is 121 Å². The van der Waals surface area contributed by atoms with Gasteiger partial charge in [0.1, 0.15) is 6.67 Å². The molecule has 1 saturated carbocycles. The van der Waals surface area contributed by atoms with E-state index in [1.54, 1.807) is 29.6 Å². The van der Waals surface area contributed by atoms with E-state index in [4.69, 9.17) is 0 Å². The molecule has 4 aromatic rings. The van der Waals surface area contributed by atoms with Crippen LogP contribution in [0.15, 0.2) is 50.6 Å². The Hall–Kier alpha value is -3.16. The van der Waals surface area contributed by atoms with E-state index in [1.165, 1.54) is 34.1 Å². The zero-order valence-corrected chi connectivity index (χ0v) is 20.7. The summed E-state index contributed by atoms with van der Waals surface area (Å²) in [6, 6.07) is 4.04. The molecule has 0 amide bonds. The molecule has 0 unspecified atom stereocenters. The Bertz CT molecular complexity index is 1660. The lowest BCUT2D eigenvalue weighted by Crippen LogP contribution is -2.41. The summed E-state index contributed by atoms with van der Waals surface area (Å²) >= 11 is 1.39. The third-order valence-electron chi connectivity index (χ3n) is 6.21. The van der Waals surface area contributed by atoms with Gasteiger partial charge >= 0.3 is 5.69 Å². The summed E-state index contributed by atoms with van der Waals surface area (Å²) in [7, 11) is -2.34. The van der Waals surface area contributed by atoms with Crippen LogP contribution in [0.5, 0.6) is 0 Å². The van der Waals surface area contributed by atoms with Crippen molar-refractivity contribution in [3.05, 3.63) is 73.1 Å². The summed E-state index contributed by atoms with van der Waals surface area (Å²) in [5.41, 5.74) is 1.19. The van der Waals surface area contributed by atoms with Gasteiger partial charge in [-0.2, -0.15) is 5.10 Å². The van der Waals surface area contributed by atoms with Crippen LogP contribution in [0.2, 0.25) is 0 Å². The van der Waals surface area contributed by atoms with Crippen LogP contribution in [0.3, 0.4) is 0 Å². The zero-order chi connectivity index (χ0) is 25.0. The second-order valence-electron chi connectivity index (χ2n) is 8.84. The molecule has 1 fully saturated rings. The molecule has 35 heavy (non-hydrogen) atoms. The Morgan fingerprint density at radius 2 is 1.97 bits per heavy atom. The molecular weight excluding hydrogens is 495 g/mol. The maximum Gasteiger partial charge on any atom is 0.332 e. The molecular formula is C22H23FN6O4S2. The number of nitrogens with zero attached hydrogens (tertiary/aromatic N) is 5. The molecule has 1 aliphatic carbocycles. The Balaban J connectivity index is 1.69. The van der Waals surface area contributed by atoms with Crippen molar-refractivity contribution < 1.29 is 12.8 Å². The zero-order valence-electron chi connectivity index (χ0n) is 19.1. The minimum absolute atomic E-state index is 0.0245. The predicted octanol–water partition coefficient (Wildman–Crippen LogP) is 1.54. The standard InChI is InChI=1S/C22H23FN6O4S2/c1-14-19(34-13-24-14)11-28-18-4-3-16(35(32,33)26-22(12-23)5-6-22)7-17(18)20(30)29(21(28)31)10-15-8-25-27(2)9-15/h3-4,7-9,13,26H,5-6,10-12H2,1-2H3. The SMILES string of the molecule is Cc1ncsc1Cn1c(=O)n(Cc2cnn(C)c2)c(=O)c2cc(S(=O)(=O)NC3(CF)CC3)ccc21. The molecule has 10 nitrogen and oxygen atoms in total. The maximum absolute atomic E-state index is 13.5. The number of halogens is 1. The Kier molecular flexibility index (Phi) is 5.73. The first-order valence-corrected chi connectivity index (χ1v) is 13.2. The molecule has 1 N–H and O–H groups in total. The molecule has 0 atom stereocenters. The van der Waals surface area contributed by atoms with E-state index >= 15 is 0 Å². The highest BCUT2D eigenvalue weighted by atomic mass is 32.2. The smallest absolute Gasteiger partial charge is 0.288 e. The number of benzene rings is 1. The molecule has 0 aliphatic heterocycles. The first kappa shape index (κ1) is 23.6. The van der Waals surface area contributed by atoms with Gasteiger partial charge in [-0.1, -0.05) is 0 Å². The second-order valence-corrected chi connectivity index (χ2v) is 11.5. The van der Waals surface area contributed by atoms with Gasteiger partial charge in [0.15, 0.2) is 0 Å². The predicted molar refractivity (Wildman–Crippen MR) is 129 cm³/mol. The molecule has 3 heterocycles. The Morgan fingerprint density at radius 1 is 1.20 bits per heavy atom. The van der Waals surface area contributed by atoms with Crippen LogP contribution >= 0.6 is 11.3 Å². The minimum Gasteiger partial charge on any atom is -0.288 e. The van der Waals surface area contributed by atoms with Crippen LogP contribution in [0.25, 0.3) is 10.9 Å². The van der Waals surface area contributed by atoms with E-state index in [2.05, 4.69) is 14.8 Å². The van der Waals surface area contributed by atoms with Crippen molar-refractivity contribution in [3.63, 3.8) is 0 Å². The number of hydrogen-bond donors (Lipinski definition) is 1. The third-order valence-corrected chi connectivity index (χ3v) is 8.71. The summed E-state index contributed by atoms with van der Waals surface area (Å²) in [4.78, 5) is 31.9. The van der Waals surface area contributed by atoms with Gasteiger partial charge in [0.05, 0.1) is 51.8 Å². The van der Waals surface area contributed by atoms with Crippen molar-refractivity contribution in [2.75, 3.05) is 6.67 Å². The molecule has 184 valence electrons. The maximum atomic E-state index is 13.5. The largest absolute Gasteiger partial charge is 0.332 e. The number of aromatic nitrogens is 5. The van der Waals surface area contributed by atoms with Crippen molar-refractivity contribution in [2.24, 2.45) is 7.05 Å². The van der Waals surface area contributed by atoms with Crippen LogP contribution in [-0.4, -0.2) is 44.5 Å². The summed E-state index contributed by atoms with van der Waals surface area (Å²) in [6.45, 7) is 1.18. The lowest BCUT2D eigenvalue weighted by molar-refractivity contribution is 0.393. The fourth-order valence-electron chi connectivity index (χ4n) is 3.98. The lowest BCUT2D eigenvalue weighted by atomic mass is 10.2. The highest BCUT2D eigenvalue weighted by molar-refractivity contribution is 7.89. The first-order valence-electron chi connectivity index (χ1n) is 10.9. The molecule has 1 aromatic carbocycles. The number of thiazole rings is 1. The van der Waals surface area contributed by atoms with Gasteiger partial charge in [-0.15, -0.1) is 11.3 Å². The molecule has 0 saturated heterocycles. The quantitative estimate of drug-likeness (QED) is 0.378. The number of rotatable bonds is 8. The molecule has 3 aromatic heterocycles. The van der Waals surface area contributed by atoms with Gasteiger partial charge in [-0.25, -0.2) is 27.3 Å². The minimum atomic E-state index is -4.07. The third kappa shape index (κ3) is 4.34. The van der Waals surface area contributed by atoms with Crippen LogP contribution in [0.1, 0.15) is 29.0 Å². The summed E-state index contributed by atoms with van der Waals surface area (Å²) < 4.78 is 45.8. The van der Waals surface area contributed by atoms with Crippen LogP contribution < -0.4 is 16.0 Å². The van der Waals surface area contributed by atoms with Crippen LogP contribution in [0, 0.1) is 6.92 Å². The molecule has 0 spiro atoms. The molecule has 0 bridgehead atoms. The second kappa shape index (κ2) is 8.50. The van der Waals surface area contributed by atoms with Crippen molar-refractivity contribution >= 4 is 32.3 Å². The molecule has 1 aliphatic rings. The summed E-state index contributed by atoms with van der Waals surface area (Å²) in [5, 5.41) is 4.16. The van der Waals surface area contributed by atoms with E-state index < -0.39 is 33.5 Å². The van der Waals surface area contributed by atoms with E-state index in [1.807, 2.05) is 6.92 Å². The van der Waals surface area contributed by atoms with Gasteiger partial charge in [0, 0.05) is 23.7 Å². The number of sulfonamides is 1. The molecule has 13 heteroatoms. The number of alkyl halides is 1. The first-order chi connectivity index (χ1) is 16.6. The van der Waals surface area contributed by atoms with E-state index in [0.717, 1.165) is 15.1 Å². The van der Waals surface area contributed by atoms with Crippen molar-refractivity contribution in [3.8, 4) is 0 Å². The Morgan fingerprint density at radius 3 is 2.57 bits per heavy atom. The number of nitrogens with one attached hydrogen (secondary N) is 1. The van der Waals surface area contributed by atoms with Crippen LogP contribution in [0.4, 0.5) is 4.39 Å². The van der Waals surface area contributed by atoms with Crippen LogP contribution in [-0.2, 0) is 30.2 Å². The fraction of sp³-hybridized carbons (Fsp3) is 0.364.